The number of para-hydroxylation sites is 1. The van der Waals surface area contributed by atoms with Crippen LogP contribution in [0.1, 0.15) is 77.8 Å². The molecule has 0 bridgehead atoms. The van der Waals surface area contributed by atoms with Gasteiger partial charge in [-0.2, -0.15) is 0 Å². The lowest BCUT2D eigenvalue weighted by Gasteiger charge is -2.34. The SMILES string of the molecule is CCC(C)c1ccc(Cl)cn1.CCCN1CCCCC1CC.COc1ccccc1. The molecule has 2 unspecified atom stereocenters. The van der Waals surface area contributed by atoms with Gasteiger partial charge < -0.3 is 9.64 Å². The van der Waals surface area contributed by atoms with Crippen molar-refractivity contribution in [1.29, 1.82) is 0 Å². The highest BCUT2D eigenvalue weighted by Gasteiger charge is 2.18. The summed E-state index contributed by atoms with van der Waals surface area (Å²) in [6, 6.07) is 14.5. The van der Waals surface area contributed by atoms with Crippen molar-refractivity contribution in [3.8, 4) is 5.75 Å². The number of aromatic nitrogens is 1. The molecule has 0 N–H and O–H groups in total. The Morgan fingerprint density at radius 1 is 1.10 bits per heavy atom. The summed E-state index contributed by atoms with van der Waals surface area (Å²) >= 11 is 5.70. The summed E-state index contributed by atoms with van der Waals surface area (Å²) < 4.78 is 4.91. The predicted octanol–water partition coefficient (Wildman–Crippen LogP) is 7.60. The summed E-state index contributed by atoms with van der Waals surface area (Å²) in [6.45, 7) is 11.6. The maximum atomic E-state index is 5.70. The van der Waals surface area contributed by atoms with Gasteiger partial charge in [0.25, 0.3) is 0 Å². The number of ether oxygens (including phenoxy) is 1. The molecule has 1 aliphatic heterocycles. The number of rotatable bonds is 6. The van der Waals surface area contributed by atoms with E-state index in [1.165, 1.54) is 45.2 Å². The molecule has 0 spiro atoms. The van der Waals surface area contributed by atoms with E-state index < -0.39 is 0 Å². The predicted molar refractivity (Wildman–Crippen MR) is 131 cm³/mol. The molecule has 1 aromatic heterocycles. The molecule has 1 saturated heterocycles. The van der Waals surface area contributed by atoms with E-state index in [-0.39, 0.29) is 0 Å². The van der Waals surface area contributed by atoms with Crippen LogP contribution in [0.15, 0.2) is 48.7 Å². The summed E-state index contributed by atoms with van der Waals surface area (Å²) in [5, 5.41) is 0.706. The average Bonchev–Trinajstić information content (AvgIpc) is 2.81. The van der Waals surface area contributed by atoms with Crippen LogP contribution in [0.4, 0.5) is 0 Å². The van der Waals surface area contributed by atoms with Gasteiger partial charge in [-0.05, 0) is 75.4 Å². The molecule has 0 saturated carbocycles. The Morgan fingerprint density at radius 3 is 2.33 bits per heavy atom. The van der Waals surface area contributed by atoms with E-state index in [2.05, 4.69) is 37.6 Å². The minimum absolute atomic E-state index is 0.535. The van der Waals surface area contributed by atoms with Crippen LogP contribution in [0, 0.1) is 0 Å². The minimum atomic E-state index is 0.535. The van der Waals surface area contributed by atoms with E-state index in [1.54, 1.807) is 13.3 Å². The van der Waals surface area contributed by atoms with Crippen molar-refractivity contribution >= 4 is 11.6 Å². The molecule has 1 fully saturated rings. The van der Waals surface area contributed by atoms with E-state index in [9.17, 15) is 0 Å². The lowest BCUT2D eigenvalue weighted by molar-refractivity contribution is 0.144. The van der Waals surface area contributed by atoms with Gasteiger partial charge in [-0.1, -0.05) is 63.9 Å². The topological polar surface area (TPSA) is 25.4 Å². The van der Waals surface area contributed by atoms with E-state index in [1.807, 2.05) is 42.5 Å². The summed E-state index contributed by atoms with van der Waals surface area (Å²) in [6.07, 6.45) is 9.81. The monoisotopic (exact) mass is 432 g/mol. The summed E-state index contributed by atoms with van der Waals surface area (Å²) in [4.78, 5) is 6.89. The van der Waals surface area contributed by atoms with E-state index in [0.717, 1.165) is 23.9 Å². The standard InChI is InChI=1S/C10H21N.C9H12ClN.C7H8O/c1-3-8-11-9-6-5-7-10(11)4-2;1-3-7(2)9-5-4-8(10)6-11-9;1-8-7-5-3-2-4-6-7/h10H,3-9H2,1-2H3;4-7H,3H2,1-2H3;2-6H,1H3. The Kier molecular flexibility index (Phi) is 14.2. The largest absolute Gasteiger partial charge is 0.497 e. The molecule has 2 aromatic rings. The van der Waals surface area contributed by atoms with Crippen LogP contribution in [0.2, 0.25) is 5.02 Å². The minimum Gasteiger partial charge on any atom is -0.497 e. The molecule has 3 nitrogen and oxygen atoms in total. The maximum Gasteiger partial charge on any atom is 0.118 e. The number of halogens is 1. The molecule has 0 amide bonds. The Morgan fingerprint density at radius 2 is 1.83 bits per heavy atom. The first-order valence-corrected chi connectivity index (χ1v) is 11.9. The van der Waals surface area contributed by atoms with Gasteiger partial charge in [0.15, 0.2) is 0 Å². The fraction of sp³-hybridized carbons (Fsp3) is 0.577. The van der Waals surface area contributed by atoms with Gasteiger partial charge in [-0.25, -0.2) is 0 Å². The molecule has 0 aliphatic carbocycles. The zero-order chi connectivity index (χ0) is 22.2. The Hall–Kier alpha value is -1.58. The lowest BCUT2D eigenvalue weighted by Crippen LogP contribution is -2.39. The molecule has 2 heterocycles. The van der Waals surface area contributed by atoms with Crippen molar-refractivity contribution in [3.63, 3.8) is 0 Å². The van der Waals surface area contributed by atoms with Crippen molar-refractivity contribution in [2.75, 3.05) is 20.2 Å². The van der Waals surface area contributed by atoms with E-state index in [0.29, 0.717) is 10.9 Å². The first kappa shape index (κ1) is 26.5. The maximum absolute atomic E-state index is 5.70. The number of likely N-dealkylation sites (tertiary alicyclic amines) is 1. The molecule has 30 heavy (non-hydrogen) atoms. The van der Waals surface area contributed by atoms with Gasteiger partial charge in [-0.3, -0.25) is 4.98 Å². The second-order valence-corrected chi connectivity index (χ2v) is 8.26. The van der Waals surface area contributed by atoms with Crippen LogP contribution < -0.4 is 4.74 Å². The first-order chi connectivity index (χ1) is 14.5. The Labute approximate surface area is 189 Å². The molecule has 0 radical (unpaired) electrons. The van der Waals surface area contributed by atoms with Gasteiger partial charge in [0.1, 0.15) is 5.75 Å². The van der Waals surface area contributed by atoms with Crippen LogP contribution in [0.3, 0.4) is 0 Å². The smallest absolute Gasteiger partial charge is 0.118 e. The first-order valence-electron chi connectivity index (χ1n) is 11.5. The molecule has 3 rings (SSSR count). The van der Waals surface area contributed by atoms with Crippen molar-refractivity contribution in [1.82, 2.24) is 9.88 Å². The third-order valence-corrected chi connectivity index (χ3v) is 5.80. The van der Waals surface area contributed by atoms with E-state index >= 15 is 0 Å². The summed E-state index contributed by atoms with van der Waals surface area (Å²) in [5.41, 5.74) is 1.12. The number of piperidine rings is 1. The number of methoxy groups -OCH3 is 1. The molecular weight excluding hydrogens is 392 g/mol. The second kappa shape index (κ2) is 16.2. The highest BCUT2D eigenvalue weighted by atomic mass is 35.5. The highest BCUT2D eigenvalue weighted by molar-refractivity contribution is 6.30. The van der Waals surface area contributed by atoms with Crippen LogP contribution in [-0.2, 0) is 0 Å². The van der Waals surface area contributed by atoms with Gasteiger partial charge in [-0.15, -0.1) is 0 Å². The molecular formula is C26H41ClN2O. The normalized spacial score (nSPS) is 17.1. The van der Waals surface area contributed by atoms with Gasteiger partial charge in [0.2, 0.25) is 0 Å². The lowest BCUT2D eigenvalue weighted by atomic mass is 10.00. The van der Waals surface area contributed by atoms with Crippen molar-refractivity contribution in [2.45, 2.75) is 78.2 Å². The van der Waals surface area contributed by atoms with Crippen LogP contribution in [-0.4, -0.2) is 36.1 Å². The van der Waals surface area contributed by atoms with Crippen molar-refractivity contribution in [3.05, 3.63) is 59.4 Å². The molecule has 168 valence electrons. The number of benzene rings is 1. The molecule has 2 atom stereocenters. The third-order valence-electron chi connectivity index (χ3n) is 5.58. The third kappa shape index (κ3) is 10.4. The van der Waals surface area contributed by atoms with Crippen LogP contribution >= 0.6 is 11.6 Å². The quantitative estimate of drug-likeness (QED) is 0.469. The fourth-order valence-electron chi connectivity index (χ4n) is 3.55. The Bertz CT molecular complexity index is 646. The number of hydrogen-bond donors (Lipinski definition) is 0. The zero-order valence-corrected chi connectivity index (χ0v) is 20.4. The summed E-state index contributed by atoms with van der Waals surface area (Å²) in [7, 11) is 1.66. The number of pyridine rings is 1. The number of nitrogens with zero attached hydrogens (tertiary/aromatic N) is 2. The van der Waals surface area contributed by atoms with Crippen molar-refractivity contribution < 1.29 is 4.74 Å². The van der Waals surface area contributed by atoms with Crippen LogP contribution in [0.5, 0.6) is 5.75 Å². The number of hydrogen-bond acceptors (Lipinski definition) is 3. The molecule has 4 heteroatoms. The highest BCUT2D eigenvalue weighted by Crippen LogP contribution is 2.19. The van der Waals surface area contributed by atoms with Gasteiger partial charge >= 0.3 is 0 Å². The van der Waals surface area contributed by atoms with Crippen molar-refractivity contribution in [2.24, 2.45) is 0 Å². The molecule has 1 aromatic carbocycles. The zero-order valence-electron chi connectivity index (χ0n) is 19.6. The van der Waals surface area contributed by atoms with Crippen LogP contribution in [0.25, 0.3) is 0 Å². The Balaban J connectivity index is 0.000000228. The molecule has 1 aliphatic rings. The fourth-order valence-corrected chi connectivity index (χ4v) is 3.66. The summed E-state index contributed by atoms with van der Waals surface area (Å²) in [5.74, 6) is 1.44. The van der Waals surface area contributed by atoms with Gasteiger partial charge in [0, 0.05) is 17.9 Å². The second-order valence-electron chi connectivity index (χ2n) is 7.82. The van der Waals surface area contributed by atoms with E-state index in [4.69, 9.17) is 16.3 Å². The average molecular weight is 433 g/mol. The van der Waals surface area contributed by atoms with Gasteiger partial charge in [0.05, 0.1) is 12.1 Å².